The first-order valence-electron chi connectivity index (χ1n) is 5.70. The molecule has 1 fully saturated rings. The molecule has 2 rings (SSSR count). The molecule has 0 amide bonds. The summed E-state index contributed by atoms with van der Waals surface area (Å²) in [7, 11) is 0. The fraction of sp³-hybridized carbons (Fsp3) is 0.545. The molecule has 0 spiro atoms. The molecule has 2 N–H and O–H groups in total. The van der Waals surface area contributed by atoms with Crippen molar-refractivity contribution >= 4 is 23.0 Å². The van der Waals surface area contributed by atoms with Gasteiger partial charge in [0.15, 0.2) is 5.82 Å². The van der Waals surface area contributed by atoms with Gasteiger partial charge in [-0.25, -0.2) is 0 Å². The Morgan fingerprint density at radius 2 is 2.12 bits per heavy atom. The summed E-state index contributed by atoms with van der Waals surface area (Å²) >= 11 is 4.92. The van der Waals surface area contributed by atoms with E-state index in [1.54, 1.807) is 6.20 Å². The third kappa shape index (κ3) is 3.34. The Labute approximate surface area is 107 Å². The van der Waals surface area contributed by atoms with Gasteiger partial charge in [-0.3, -0.25) is 4.90 Å². The molecule has 1 aliphatic heterocycles. The summed E-state index contributed by atoms with van der Waals surface area (Å²) < 4.78 is 0. The zero-order chi connectivity index (χ0) is 12.3. The highest BCUT2D eigenvalue weighted by Crippen LogP contribution is 2.13. The van der Waals surface area contributed by atoms with Crippen molar-refractivity contribution in [3.05, 3.63) is 17.8 Å². The molecule has 92 valence electrons. The Kier molecular flexibility index (Phi) is 3.86. The number of aryl methyl sites for hydroxylation is 1. The van der Waals surface area contributed by atoms with Crippen LogP contribution in [0.15, 0.2) is 12.3 Å². The van der Waals surface area contributed by atoms with Crippen LogP contribution in [0.25, 0.3) is 0 Å². The van der Waals surface area contributed by atoms with E-state index in [1.807, 2.05) is 6.92 Å². The highest BCUT2D eigenvalue weighted by Gasteiger charge is 2.18. The van der Waals surface area contributed by atoms with E-state index in [9.17, 15) is 0 Å². The van der Waals surface area contributed by atoms with Crippen LogP contribution in [0.5, 0.6) is 0 Å². The lowest BCUT2D eigenvalue weighted by Crippen LogP contribution is -2.48. The van der Waals surface area contributed by atoms with Gasteiger partial charge in [0.05, 0.1) is 11.2 Å². The maximum Gasteiger partial charge on any atom is 0.151 e. The predicted octanol–water partition coefficient (Wildman–Crippen LogP) is 0.193. The lowest BCUT2D eigenvalue weighted by atomic mass is 10.3. The molecule has 1 aromatic heterocycles. The Morgan fingerprint density at radius 3 is 2.71 bits per heavy atom. The third-order valence-electron chi connectivity index (χ3n) is 2.85. The van der Waals surface area contributed by atoms with Crippen LogP contribution in [0.2, 0.25) is 0 Å². The van der Waals surface area contributed by atoms with Crippen LogP contribution < -0.4 is 10.6 Å². The van der Waals surface area contributed by atoms with Gasteiger partial charge in [0.25, 0.3) is 0 Å². The zero-order valence-corrected chi connectivity index (χ0v) is 10.8. The fourth-order valence-electron chi connectivity index (χ4n) is 1.96. The van der Waals surface area contributed by atoms with Crippen molar-refractivity contribution < 1.29 is 0 Å². The van der Waals surface area contributed by atoms with Crippen LogP contribution in [0.1, 0.15) is 5.56 Å². The number of aromatic nitrogens is 2. The maximum atomic E-state index is 5.54. The lowest BCUT2D eigenvalue weighted by molar-refractivity contribution is 0.291. The Morgan fingerprint density at radius 1 is 1.41 bits per heavy atom. The molecule has 0 radical (unpaired) electrons. The van der Waals surface area contributed by atoms with E-state index in [4.69, 9.17) is 18.0 Å². The number of rotatable bonds is 3. The first kappa shape index (κ1) is 12.2. The standard InChI is InChI=1S/C11H17N5S/c1-9-6-11(14-13-7-9)16-4-2-15(3-5-16)8-10(12)17/h6-7H,2-5,8H2,1H3,(H2,12,17). The molecular weight excluding hydrogens is 234 g/mol. The molecule has 0 atom stereocenters. The minimum atomic E-state index is 0.564. The summed E-state index contributed by atoms with van der Waals surface area (Å²) in [6.07, 6.45) is 1.77. The number of anilines is 1. The second kappa shape index (κ2) is 5.37. The average Bonchev–Trinajstić information content (AvgIpc) is 2.29. The molecular formula is C11H17N5S. The van der Waals surface area contributed by atoms with E-state index >= 15 is 0 Å². The largest absolute Gasteiger partial charge is 0.392 e. The molecule has 17 heavy (non-hydrogen) atoms. The van der Waals surface area contributed by atoms with Gasteiger partial charge in [0, 0.05) is 32.7 Å². The number of nitrogens with two attached hydrogens (primary N) is 1. The topological polar surface area (TPSA) is 58.3 Å². The average molecular weight is 251 g/mol. The van der Waals surface area contributed by atoms with Crippen LogP contribution in [0, 0.1) is 6.92 Å². The van der Waals surface area contributed by atoms with Gasteiger partial charge in [-0.05, 0) is 18.6 Å². The molecule has 1 aliphatic rings. The molecule has 5 nitrogen and oxygen atoms in total. The van der Waals surface area contributed by atoms with Gasteiger partial charge in [0.1, 0.15) is 0 Å². The van der Waals surface area contributed by atoms with Crippen molar-refractivity contribution in [2.75, 3.05) is 37.6 Å². The highest BCUT2D eigenvalue weighted by molar-refractivity contribution is 7.80. The minimum Gasteiger partial charge on any atom is -0.392 e. The quantitative estimate of drug-likeness (QED) is 0.774. The Hall–Kier alpha value is -1.27. The molecule has 2 heterocycles. The number of piperazine rings is 1. The van der Waals surface area contributed by atoms with Crippen molar-refractivity contribution in [1.82, 2.24) is 15.1 Å². The minimum absolute atomic E-state index is 0.564. The zero-order valence-electron chi connectivity index (χ0n) is 9.96. The first-order chi connectivity index (χ1) is 8.15. The molecule has 1 aromatic rings. The van der Waals surface area contributed by atoms with Gasteiger partial charge < -0.3 is 10.6 Å². The van der Waals surface area contributed by atoms with Crippen LogP contribution in [0.4, 0.5) is 5.82 Å². The monoisotopic (exact) mass is 251 g/mol. The van der Waals surface area contributed by atoms with E-state index < -0.39 is 0 Å². The SMILES string of the molecule is Cc1cnnc(N2CCN(CC(N)=S)CC2)c1. The number of hydrogen-bond donors (Lipinski definition) is 1. The summed E-state index contributed by atoms with van der Waals surface area (Å²) in [6.45, 7) is 6.56. The smallest absolute Gasteiger partial charge is 0.151 e. The van der Waals surface area contributed by atoms with Gasteiger partial charge in [0.2, 0.25) is 0 Å². The van der Waals surface area contributed by atoms with Crippen LogP contribution in [0.3, 0.4) is 0 Å². The summed E-state index contributed by atoms with van der Waals surface area (Å²) in [6, 6.07) is 2.07. The predicted molar refractivity (Wildman–Crippen MR) is 72.2 cm³/mol. The van der Waals surface area contributed by atoms with E-state index in [0.29, 0.717) is 11.5 Å². The molecule has 0 unspecified atom stereocenters. The van der Waals surface area contributed by atoms with Crippen molar-refractivity contribution in [1.29, 1.82) is 0 Å². The Balaban J connectivity index is 1.93. The molecule has 0 saturated carbocycles. The second-order valence-electron chi connectivity index (χ2n) is 4.32. The molecule has 1 saturated heterocycles. The van der Waals surface area contributed by atoms with Gasteiger partial charge in [-0.15, -0.1) is 5.10 Å². The van der Waals surface area contributed by atoms with E-state index in [2.05, 4.69) is 26.1 Å². The van der Waals surface area contributed by atoms with Gasteiger partial charge in [-0.2, -0.15) is 5.10 Å². The van der Waals surface area contributed by atoms with Crippen molar-refractivity contribution in [2.45, 2.75) is 6.92 Å². The van der Waals surface area contributed by atoms with Crippen molar-refractivity contribution in [3.63, 3.8) is 0 Å². The van der Waals surface area contributed by atoms with Crippen molar-refractivity contribution in [3.8, 4) is 0 Å². The lowest BCUT2D eigenvalue weighted by Gasteiger charge is -2.34. The second-order valence-corrected chi connectivity index (χ2v) is 4.85. The summed E-state index contributed by atoms with van der Waals surface area (Å²) in [4.78, 5) is 5.08. The summed E-state index contributed by atoms with van der Waals surface area (Å²) in [5, 5.41) is 8.14. The summed E-state index contributed by atoms with van der Waals surface area (Å²) in [5.41, 5.74) is 6.68. The van der Waals surface area contributed by atoms with Crippen LogP contribution >= 0.6 is 12.2 Å². The fourth-order valence-corrected chi connectivity index (χ4v) is 2.14. The van der Waals surface area contributed by atoms with Crippen LogP contribution in [-0.4, -0.2) is 52.8 Å². The first-order valence-corrected chi connectivity index (χ1v) is 6.11. The van der Waals surface area contributed by atoms with Crippen molar-refractivity contribution in [2.24, 2.45) is 5.73 Å². The van der Waals surface area contributed by atoms with E-state index in [1.165, 1.54) is 0 Å². The number of nitrogens with zero attached hydrogens (tertiary/aromatic N) is 4. The molecule has 0 bridgehead atoms. The molecule has 0 aromatic carbocycles. The normalized spacial score (nSPS) is 17.1. The highest BCUT2D eigenvalue weighted by atomic mass is 32.1. The number of hydrogen-bond acceptors (Lipinski definition) is 5. The molecule has 0 aliphatic carbocycles. The van der Waals surface area contributed by atoms with Crippen LogP contribution in [-0.2, 0) is 0 Å². The van der Waals surface area contributed by atoms with Gasteiger partial charge >= 0.3 is 0 Å². The van der Waals surface area contributed by atoms with Gasteiger partial charge in [-0.1, -0.05) is 12.2 Å². The molecule has 6 heteroatoms. The van der Waals surface area contributed by atoms with E-state index in [0.717, 1.165) is 37.6 Å². The summed E-state index contributed by atoms with van der Waals surface area (Å²) in [5.74, 6) is 0.958. The Bertz CT molecular complexity index is 401. The maximum absolute atomic E-state index is 5.54. The number of thiocarbonyl (C=S) groups is 1. The third-order valence-corrected chi connectivity index (χ3v) is 2.98. The van der Waals surface area contributed by atoms with E-state index in [-0.39, 0.29) is 0 Å².